The van der Waals surface area contributed by atoms with Gasteiger partial charge in [0, 0.05) is 42.8 Å². The van der Waals surface area contributed by atoms with E-state index in [1.165, 1.54) is 24.2 Å². The van der Waals surface area contributed by atoms with E-state index in [9.17, 15) is 0 Å². The van der Waals surface area contributed by atoms with E-state index in [-0.39, 0.29) is 0 Å². The maximum atomic E-state index is 4.33. The lowest BCUT2D eigenvalue weighted by molar-refractivity contribution is 0.479. The van der Waals surface area contributed by atoms with Gasteiger partial charge in [-0.3, -0.25) is 4.98 Å². The molecule has 104 valence electrons. The number of pyridine rings is 1. The summed E-state index contributed by atoms with van der Waals surface area (Å²) in [6.07, 6.45) is 7.74. The minimum atomic E-state index is 0.448. The van der Waals surface area contributed by atoms with Gasteiger partial charge in [-0.25, -0.2) is 4.68 Å². The van der Waals surface area contributed by atoms with Crippen molar-refractivity contribution in [3.63, 3.8) is 0 Å². The van der Waals surface area contributed by atoms with Crippen molar-refractivity contribution < 1.29 is 0 Å². The summed E-state index contributed by atoms with van der Waals surface area (Å²) in [4.78, 5) is 6.68. The monoisotopic (exact) mass is 269 g/mol. The van der Waals surface area contributed by atoms with Crippen LogP contribution in [0.2, 0.25) is 0 Å². The lowest BCUT2D eigenvalue weighted by Crippen LogP contribution is -2.21. The third-order valence-electron chi connectivity index (χ3n) is 4.31. The van der Waals surface area contributed by atoms with E-state index in [4.69, 9.17) is 0 Å². The summed E-state index contributed by atoms with van der Waals surface area (Å²) in [5.74, 6) is 0.684. The molecule has 1 unspecified atom stereocenters. The zero-order valence-corrected chi connectivity index (χ0v) is 11.7. The van der Waals surface area contributed by atoms with Gasteiger partial charge in [-0.15, -0.1) is 5.10 Å². The molecule has 5 nitrogen and oxygen atoms in total. The molecule has 0 N–H and O–H groups in total. The van der Waals surface area contributed by atoms with E-state index in [1.54, 1.807) is 0 Å². The predicted molar refractivity (Wildman–Crippen MR) is 76.8 cm³/mol. The largest absolute Gasteiger partial charge is 0.369 e. The molecule has 0 aromatic carbocycles. The van der Waals surface area contributed by atoms with Crippen LogP contribution in [0.15, 0.2) is 24.5 Å². The van der Waals surface area contributed by atoms with Gasteiger partial charge in [-0.05, 0) is 38.3 Å². The molecule has 2 aromatic rings. The minimum absolute atomic E-state index is 0.448. The maximum absolute atomic E-state index is 4.33. The Morgan fingerprint density at radius 3 is 2.95 bits per heavy atom. The summed E-state index contributed by atoms with van der Waals surface area (Å²) in [6, 6.07) is 4.69. The molecule has 2 fully saturated rings. The van der Waals surface area contributed by atoms with Crippen LogP contribution in [0.1, 0.15) is 42.6 Å². The molecule has 0 spiro atoms. The third kappa shape index (κ3) is 2.17. The molecule has 1 saturated heterocycles. The second kappa shape index (κ2) is 4.58. The number of nitrogens with zero attached hydrogens (tertiary/aromatic N) is 5. The molecular formula is C15H19N5. The molecule has 3 heterocycles. The van der Waals surface area contributed by atoms with Gasteiger partial charge in [0.1, 0.15) is 0 Å². The molecule has 1 aliphatic heterocycles. The Morgan fingerprint density at radius 2 is 2.15 bits per heavy atom. The van der Waals surface area contributed by atoms with Gasteiger partial charge in [0.15, 0.2) is 0 Å². The Hall–Kier alpha value is -1.91. The van der Waals surface area contributed by atoms with Gasteiger partial charge in [0.05, 0.1) is 11.7 Å². The van der Waals surface area contributed by atoms with E-state index in [1.807, 2.05) is 13.1 Å². The van der Waals surface area contributed by atoms with Crippen LogP contribution in [-0.4, -0.2) is 33.1 Å². The zero-order chi connectivity index (χ0) is 13.5. The number of aromatic nitrogens is 4. The number of hydrogen-bond donors (Lipinski definition) is 0. The maximum Gasteiger partial charge on any atom is 0.0858 e. The summed E-state index contributed by atoms with van der Waals surface area (Å²) in [6.45, 7) is 4.13. The Bertz CT molecular complexity index is 616. The predicted octanol–water partition coefficient (Wildman–Crippen LogP) is 2.31. The molecule has 0 bridgehead atoms. The second-order valence-corrected chi connectivity index (χ2v) is 5.94. The molecule has 2 aromatic heterocycles. The smallest absolute Gasteiger partial charge is 0.0858 e. The van der Waals surface area contributed by atoms with Gasteiger partial charge >= 0.3 is 0 Å². The van der Waals surface area contributed by atoms with Crippen molar-refractivity contribution in [1.29, 1.82) is 0 Å². The van der Waals surface area contributed by atoms with Crippen LogP contribution >= 0.6 is 0 Å². The normalized spacial score (nSPS) is 22.4. The second-order valence-electron chi connectivity index (χ2n) is 5.94. The Kier molecular flexibility index (Phi) is 2.72. The van der Waals surface area contributed by atoms with Crippen LogP contribution in [-0.2, 0) is 0 Å². The van der Waals surface area contributed by atoms with Crippen molar-refractivity contribution in [2.75, 3.05) is 18.0 Å². The van der Waals surface area contributed by atoms with Crippen LogP contribution in [0, 0.1) is 6.92 Å². The molecule has 1 aliphatic carbocycles. The number of aryl methyl sites for hydroxylation is 1. The number of hydrogen-bond acceptors (Lipinski definition) is 4. The van der Waals surface area contributed by atoms with E-state index in [0.29, 0.717) is 12.0 Å². The molecule has 0 radical (unpaired) electrons. The molecule has 2 aliphatic rings. The van der Waals surface area contributed by atoms with Crippen LogP contribution in [0.5, 0.6) is 0 Å². The first-order chi connectivity index (χ1) is 9.79. The molecule has 1 atom stereocenters. The van der Waals surface area contributed by atoms with Crippen LogP contribution in [0.4, 0.5) is 5.69 Å². The topological polar surface area (TPSA) is 46.8 Å². The Morgan fingerprint density at radius 1 is 1.25 bits per heavy atom. The van der Waals surface area contributed by atoms with Gasteiger partial charge in [0.25, 0.3) is 0 Å². The molecule has 1 saturated carbocycles. The third-order valence-corrected chi connectivity index (χ3v) is 4.31. The van der Waals surface area contributed by atoms with E-state index >= 15 is 0 Å². The highest BCUT2D eigenvalue weighted by Crippen LogP contribution is 2.39. The fraction of sp³-hybridized carbons (Fsp3) is 0.533. The zero-order valence-electron chi connectivity index (χ0n) is 11.7. The first kappa shape index (κ1) is 11.9. The quantitative estimate of drug-likeness (QED) is 0.858. The van der Waals surface area contributed by atoms with Crippen LogP contribution < -0.4 is 4.90 Å². The van der Waals surface area contributed by atoms with Crippen LogP contribution in [0.3, 0.4) is 0 Å². The Labute approximate surface area is 118 Å². The average molecular weight is 269 g/mol. The van der Waals surface area contributed by atoms with Crippen molar-refractivity contribution in [3.05, 3.63) is 35.9 Å². The summed E-state index contributed by atoms with van der Waals surface area (Å²) in [7, 11) is 0. The summed E-state index contributed by atoms with van der Waals surface area (Å²) < 4.78 is 2.07. The van der Waals surface area contributed by atoms with Gasteiger partial charge < -0.3 is 4.90 Å². The SMILES string of the molecule is Cc1cc(N2CCC(n3cc(C4CC4)nn3)C2)ccn1. The molecule has 5 heteroatoms. The fourth-order valence-electron chi connectivity index (χ4n) is 2.95. The average Bonchev–Trinajstić information content (AvgIpc) is 3.01. The summed E-state index contributed by atoms with van der Waals surface area (Å²) >= 11 is 0. The lowest BCUT2D eigenvalue weighted by Gasteiger charge is -2.18. The minimum Gasteiger partial charge on any atom is -0.369 e. The number of anilines is 1. The standard InChI is InChI=1S/C15H19N5/c1-11-8-13(4-6-16-11)19-7-5-14(9-19)20-10-15(17-18-20)12-2-3-12/h4,6,8,10,12,14H,2-3,5,7,9H2,1H3. The van der Waals surface area contributed by atoms with Crippen molar-refractivity contribution in [2.24, 2.45) is 0 Å². The van der Waals surface area contributed by atoms with Crippen molar-refractivity contribution >= 4 is 5.69 Å². The lowest BCUT2D eigenvalue weighted by atomic mass is 10.2. The Balaban J connectivity index is 1.49. The molecule has 0 amide bonds. The first-order valence-electron chi connectivity index (χ1n) is 7.39. The molecule has 20 heavy (non-hydrogen) atoms. The summed E-state index contributed by atoms with van der Waals surface area (Å²) in [5, 5.41) is 8.65. The van der Waals surface area contributed by atoms with E-state index in [0.717, 1.165) is 25.2 Å². The molecular weight excluding hydrogens is 250 g/mol. The number of rotatable bonds is 3. The van der Waals surface area contributed by atoms with Crippen molar-refractivity contribution in [2.45, 2.75) is 38.1 Å². The fourth-order valence-corrected chi connectivity index (χ4v) is 2.95. The van der Waals surface area contributed by atoms with Gasteiger partial charge in [-0.2, -0.15) is 0 Å². The van der Waals surface area contributed by atoms with Crippen LogP contribution in [0.25, 0.3) is 0 Å². The van der Waals surface area contributed by atoms with Crippen molar-refractivity contribution in [3.8, 4) is 0 Å². The highest BCUT2D eigenvalue weighted by Gasteiger charge is 2.29. The highest BCUT2D eigenvalue weighted by molar-refractivity contribution is 5.47. The highest BCUT2D eigenvalue weighted by atomic mass is 15.4. The van der Waals surface area contributed by atoms with Gasteiger partial charge in [-0.1, -0.05) is 5.21 Å². The summed E-state index contributed by atoms with van der Waals surface area (Å²) in [5.41, 5.74) is 3.52. The van der Waals surface area contributed by atoms with E-state index in [2.05, 4.69) is 43.2 Å². The molecule has 4 rings (SSSR count). The van der Waals surface area contributed by atoms with Gasteiger partial charge in [0.2, 0.25) is 0 Å². The van der Waals surface area contributed by atoms with E-state index < -0.39 is 0 Å². The van der Waals surface area contributed by atoms with Crippen molar-refractivity contribution in [1.82, 2.24) is 20.0 Å². The first-order valence-corrected chi connectivity index (χ1v) is 7.39.